The SMILES string of the molecule is CC(=O)O/C(C)=C\C=C(Cl)Cl. The number of hydrogen-bond acceptors (Lipinski definition) is 2. The Morgan fingerprint density at radius 2 is 1.82 bits per heavy atom. The highest BCUT2D eigenvalue weighted by atomic mass is 35.5. The van der Waals surface area contributed by atoms with Crippen LogP contribution in [0.5, 0.6) is 0 Å². The van der Waals surface area contributed by atoms with Gasteiger partial charge in [-0.1, -0.05) is 23.2 Å². The summed E-state index contributed by atoms with van der Waals surface area (Å²) >= 11 is 10.6. The number of carbonyl (C=O) groups excluding carboxylic acids is 1. The smallest absolute Gasteiger partial charge is 0.307 e. The molecule has 0 aliphatic heterocycles. The van der Waals surface area contributed by atoms with Gasteiger partial charge in [-0.3, -0.25) is 4.79 Å². The number of ether oxygens (including phenoxy) is 1. The van der Waals surface area contributed by atoms with E-state index in [1.54, 1.807) is 6.92 Å². The molecule has 0 aromatic heterocycles. The van der Waals surface area contributed by atoms with Crippen molar-refractivity contribution in [3.8, 4) is 0 Å². The van der Waals surface area contributed by atoms with Crippen molar-refractivity contribution in [2.45, 2.75) is 13.8 Å². The van der Waals surface area contributed by atoms with Gasteiger partial charge in [-0.05, 0) is 19.1 Å². The van der Waals surface area contributed by atoms with Gasteiger partial charge in [-0.2, -0.15) is 0 Å². The second-order valence-corrected chi connectivity index (χ2v) is 2.84. The highest BCUT2D eigenvalue weighted by molar-refractivity contribution is 6.55. The first-order valence-corrected chi connectivity index (χ1v) is 3.66. The highest BCUT2D eigenvalue weighted by Gasteiger charge is 1.92. The summed E-state index contributed by atoms with van der Waals surface area (Å²) in [5, 5.41) is 0. The van der Waals surface area contributed by atoms with Crippen molar-refractivity contribution in [1.82, 2.24) is 0 Å². The molecule has 0 N–H and O–H groups in total. The number of rotatable bonds is 2. The largest absolute Gasteiger partial charge is 0.432 e. The van der Waals surface area contributed by atoms with Crippen molar-refractivity contribution < 1.29 is 9.53 Å². The van der Waals surface area contributed by atoms with Crippen LogP contribution in [0.1, 0.15) is 13.8 Å². The van der Waals surface area contributed by atoms with Gasteiger partial charge in [0.1, 0.15) is 10.3 Å². The molecule has 0 aromatic rings. The summed E-state index contributed by atoms with van der Waals surface area (Å²) < 4.78 is 4.78. The van der Waals surface area contributed by atoms with E-state index in [1.807, 2.05) is 0 Å². The molecule has 0 fully saturated rings. The van der Waals surface area contributed by atoms with Crippen LogP contribution in [-0.2, 0) is 9.53 Å². The van der Waals surface area contributed by atoms with Crippen LogP contribution in [0.3, 0.4) is 0 Å². The normalized spacial score (nSPS) is 10.7. The van der Waals surface area contributed by atoms with Crippen LogP contribution in [0.25, 0.3) is 0 Å². The van der Waals surface area contributed by atoms with E-state index in [0.717, 1.165) is 0 Å². The molecule has 0 rings (SSSR count). The van der Waals surface area contributed by atoms with Crippen molar-refractivity contribution in [2.75, 3.05) is 0 Å². The zero-order valence-electron chi connectivity index (χ0n) is 6.23. The third-order valence-corrected chi connectivity index (χ3v) is 1.00. The number of allylic oxidation sites excluding steroid dienone is 3. The summed E-state index contributed by atoms with van der Waals surface area (Å²) in [6, 6.07) is 0. The fraction of sp³-hybridized carbons (Fsp3) is 0.286. The van der Waals surface area contributed by atoms with Gasteiger partial charge >= 0.3 is 5.97 Å². The van der Waals surface area contributed by atoms with Crippen LogP contribution in [0.15, 0.2) is 22.4 Å². The molecule has 62 valence electrons. The van der Waals surface area contributed by atoms with Crippen molar-refractivity contribution in [3.63, 3.8) is 0 Å². The van der Waals surface area contributed by atoms with Gasteiger partial charge in [-0.25, -0.2) is 0 Å². The Labute approximate surface area is 75.4 Å². The fourth-order valence-electron chi connectivity index (χ4n) is 0.441. The maximum Gasteiger partial charge on any atom is 0.307 e. The Bertz CT molecular complexity index is 202. The van der Waals surface area contributed by atoms with Gasteiger partial charge in [0, 0.05) is 6.92 Å². The highest BCUT2D eigenvalue weighted by Crippen LogP contribution is 2.07. The lowest BCUT2D eigenvalue weighted by Crippen LogP contribution is -1.94. The van der Waals surface area contributed by atoms with Gasteiger partial charge in [0.25, 0.3) is 0 Å². The lowest BCUT2D eigenvalue weighted by molar-refractivity contribution is -0.136. The predicted octanol–water partition coefficient (Wildman–Crippen LogP) is 2.77. The average Bonchev–Trinajstić information content (AvgIpc) is 1.82. The summed E-state index contributed by atoms with van der Waals surface area (Å²) in [5.74, 6) is 0.0918. The molecule has 4 heteroatoms. The van der Waals surface area contributed by atoms with E-state index in [1.165, 1.54) is 19.1 Å². The number of hydrogen-bond donors (Lipinski definition) is 0. The van der Waals surface area contributed by atoms with E-state index >= 15 is 0 Å². The molecule has 0 unspecified atom stereocenters. The first kappa shape index (κ1) is 10.5. The van der Waals surface area contributed by atoms with E-state index in [4.69, 9.17) is 23.2 Å². The van der Waals surface area contributed by atoms with Crippen LogP contribution in [0.2, 0.25) is 0 Å². The number of esters is 1. The van der Waals surface area contributed by atoms with Gasteiger partial charge < -0.3 is 4.74 Å². The second-order valence-electron chi connectivity index (χ2n) is 1.83. The van der Waals surface area contributed by atoms with E-state index in [2.05, 4.69) is 4.74 Å². The quantitative estimate of drug-likeness (QED) is 0.384. The predicted molar refractivity (Wildman–Crippen MR) is 45.3 cm³/mol. The molecule has 0 saturated heterocycles. The molecule has 0 spiro atoms. The van der Waals surface area contributed by atoms with Gasteiger partial charge in [0.15, 0.2) is 0 Å². The Morgan fingerprint density at radius 1 is 1.27 bits per heavy atom. The first-order valence-electron chi connectivity index (χ1n) is 2.90. The fourth-order valence-corrected chi connectivity index (χ4v) is 0.567. The van der Waals surface area contributed by atoms with Crippen molar-refractivity contribution >= 4 is 29.2 Å². The molecular formula is C7H8Cl2O2. The molecule has 0 radical (unpaired) electrons. The van der Waals surface area contributed by atoms with Crippen LogP contribution in [0, 0.1) is 0 Å². The van der Waals surface area contributed by atoms with Gasteiger partial charge in [-0.15, -0.1) is 0 Å². The lowest BCUT2D eigenvalue weighted by Gasteiger charge is -1.97. The molecular weight excluding hydrogens is 187 g/mol. The summed E-state index contributed by atoms with van der Waals surface area (Å²) in [7, 11) is 0. The zero-order chi connectivity index (χ0) is 8.85. The molecule has 0 bridgehead atoms. The molecule has 0 amide bonds. The Hall–Kier alpha value is -0.470. The van der Waals surface area contributed by atoms with Gasteiger partial charge in [0.05, 0.1) is 0 Å². The molecule has 0 aromatic carbocycles. The summed E-state index contributed by atoms with van der Waals surface area (Å²) in [6.45, 7) is 2.96. The number of halogens is 2. The Morgan fingerprint density at radius 3 is 2.18 bits per heavy atom. The average molecular weight is 195 g/mol. The Kier molecular flexibility index (Phi) is 4.99. The molecule has 11 heavy (non-hydrogen) atoms. The second kappa shape index (κ2) is 5.22. The monoisotopic (exact) mass is 194 g/mol. The van der Waals surface area contributed by atoms with E-state index in [0.29, 0.717) is 5.76 Å². The summed E-state index contributed by atoms with van der Waals surface area (Å²) in [6.07, 6.45) is 2.94. The van der Waals surface area contributed by atoms with E-state index in [9.17, 15) is 4.79 Å². The molecule has 0 aliphatic carbocycles. The van der Waals surface area contributed by atoms with Crippen molar-refractivity contribution in [3.05, 3.63) is 22.4 Å². The van der Waals surface area contributed by atoms with Crippen LogP contribution >= 0.6 is 23.2 Å². The van der Waals surface area contributed by atoms with Crippen molar-refractivity contribution in [1.29, 1.82) is 0 Å². The van der Waals surface area contributed by atoms with E-state index in [-0.39, 0.29) is 10.5 Å². The topological polar surface area (TPSA) is 26.3 Å². The molecule has 0 aliphatic rings. The molecule has 0 heterocycles. The van der Waals surface area contributed by atoms with Crippen molar-refractivity contribution in [2.24, 2.45) is 0 Å². The molecule has 2 nitrogen and oxygen atoms in total. The maximum atomic E-state index is 10.3. The third-order valence-electron chi connectivity index (χ3n) is 0.749. The van der Waals surface area contributed by atoms with Gasteiger partial charge in [0.2, 0.25) is 0 Å². The minimum absolute atomic E-state index is 0.122. The Balaban J connectivity index is 4.02. The maximum absolute atomic E-state index is 10.3. The molecule has 0 saturated carbocycles. The summed E-state index contributed by atoms with van der Waals surface area (Å²) in [4.78, 5) is 10.3. The zero-order valence-corrected chi connectivity index (χ0v) is 7.74. The minimum Gasteiger partial charge on any atom is -0.432 e. The first-order chi connectivity index (χ1) is 5.02. The number of carbonyl (C=O) groups is 1. The summed E-state index contributed by atoms with van der Waals surface area (Å²) in [5.41, 5.74) is 0. The molecule has 0 atom stereocenters. The lowest BCUT2D eigenvalue weighted by atomic mass is 10.5. The van der Waals surface area contributed by atoms with E-state index < -0.39 is 0 Å². The standard InChI is InChI=1S/C7H8Cl2O2/c1-5(11-6(2)10)3-4-7(8)9/h3-4H,1-2H3/b5-3-. The van der Waals surface area contributed by atoms with Crippen LogP contribution < -0.4 is 0 Å². The van der Waals surface area contributed by atoms with Crippen LogP contribution in [-0.4, -0.2) is 5.97 Å². The third kappa shape index (κ3) is 7.43. The van der Waals surface area contributed by atoms with Crippen LogP contribution in [0.4, 0.5) is 0 Å². The minimum atomic E-state index is -0.363.